The van der Waals surface area contributed by atoms with E-state index in [1.165, 1.54) is 7.11 Å². The van der Waals surface area contributed by atoms with Gasteiger partial charge in [-0.2, -0.15) is 0 Å². The van der Waals surface area contributed by atoms with Gasteiger partial charge in [-0.15, -0.1) is 16.4 Å². The predicted octanol–water partition coefficient (Wildman–Crippen LogP) is 2.85. The number of aryl methyl sites for hydroxylation is 3. The van der Waals surface area contributed by atoms with Crippen molar-refractivity contribution in [3.63, 3.8) is 0 Å². The summed E-state index contributed by atoms with van der Waals surface area (Å²) in [5, 5.41) is 9.09. The Morgan fingerprint density at radius 1 is 1.38 bits per heavy atom. The van der Waals surface area contributed by atoms with Gasteiger partial charge in [0.1, 0.15) is 5.69 Å². The molecule has 2 heterocycles. The van der Waals surface area contributed by atoms with Crippen molar-refractivity contribution in [2.45, 2.75) is 40.7 Å². The highest BCUT2D eigenvalue weighted by Crippen LogP contribution is 2.32. The van der Waals surface area contributed by atoms with Gasteiger partial charge in [-0.3, -0.25) is 0 Å². The standard InChI is InChI=1S/C14H20N4O2S/c1-8(2)6-7-18-12(11(16-17-18)14(19)20-5)13-9(3)15-10(4)21-13/h8H,6-7H2,1-5H3. The van der Waals surface area contributed by atoms with E-state index < -0.39 is 5.97 Å². The van der Waals surface area contributed by atoms with Gasteiger partial charge in [0, 0.05) is 6.54 Å². The summed E-state index contributed by atoms with van der Waals surface area (Å²) in [6.07, 6.45) is 0.966. The SMILES string of the molecule is COC(=O)c1nnn(CCC(C)C)c1-c1sc(C)nc1C. The van der Waals surface area contributed by atoms with Crippen LogP contribution in [0.3, 0.4) is 0 Å². The lowest BCUT2D eigenvalue weighted by Gasteiger charge is -2.08. The monoisotopic (exact) mass is 308 g/mol. The first-order chi connectivity index (χ1) is 9.93. The normalized spacial score (nSPS) is 11.1. The fourth-order valence-corrected chi connectivity index (χ4v) is 3.03. The van der Waals surface area contributed by atoms with Crippen LogP contribution in [-0.4, -0.2) is 33.1 Å². The van der Waals surface area contributed by atoms with Crippen molar-refractivity contribution in [2.75, 3.05) is 7.11 Å². The van der Waals surface area contributed by atoms with Gasteiger partial charge in [0.2, 0.25) is 0 Å². The smallest absolute Gasteiger partial charge is 0.360 e. The van der Waals surface area contributed by atoms with Crippen molar-refractivity contribution in [1.82, 2.24) is 20.0 Å². The summed E-state index contributed by atoms with van der Waals surface area (Å²) >= 11 is 1.54. The molecular weight excluding hydrogens is 288 g/mol. The Morgan fingerprint density at radius 2 is 2.10 bits per heavy atom. The number of methoxy groups -OCH3 is 1. The van der Waals surface area contributed by atoms with Crippen molar-refractivity contribution in [3.05, 3.63) is 16.4 Å². The number of rotatable bonds is 5. The third-order valence-electron chi connectivity index (χ3n) is 3.15. The lowest BCUT2D eigenvalue weighted by molar-refractivity contribution is 0.0595. The summed E-state index contributed by atoms with van der Waals surface area (Å²) in [4.78, 5) is 17.3. The minimum atomic E-state index is -0.466. The average molecular weight is 308 g/mol. The van der Waals surface area contributed by atoms with Crippen molar-refractivity contribution in [3.8, 4) is 10.6 Å². The molecule has 2 aromatic rings. The third-order valence-corrected chi connectivity index (χ3v) is 4.23. The van der Waals surface area contributed by atoms with Crippen LogP contribution in [0.25, 0.3) is 10.6 Å². The van der Waals surface area contributed by atoms with E-state index in [0.29, 0.717) is 18.2 Å². The van der Waals surface area contributed by atoms with Crippen LogP contribution in [0, 0.1) is 19.8 Å². The Bertz CT molecular complexity index is 645. The second-order valence-corrected chi connectivity index (χ2v) is 6.53. The van der Waals surface area contributed by atoms with Gasteiger partial charge in [-0.1, -0.05) is 19.1 Å². The van der Waals surface area contributed by atoms with Crippen molar-refractivity contribution in [1.29, 1.82) is 0 Å². The first-order valence-corrected chi connectivity index (χ1v) is 7.71. The summed E-state index contributed by atoms with van der Waals surface area (Å²) in [7, 11) is 1.35. The van der Waals surface area contributed by atoms with Crippen molar-refractivity contribution < 1.29 is 9.53 Å². The number of hydrogen-bond donors (Lipinski definition) is 0. The molecule has 0 amide bonds. The predicted molar refractivity (Wildman–Crippen MR) is 81.4 cm³/mol. The van der Waals surface area contributed by atoms with E-state index >= 15 is 0 Å². The molecule has 0 aliphatic heterocycles. The Hall–Kier alpha value is -1.76. The van der Waals surface area contributed by atoms with Crippen molar-refractivity contribution in [2.24, 2.45) is 5.92 Å². The van der Waals surface area contributed by atoms with Crippen LogP contribution in [0.2, 0.25) is 0 Å². The molecule has 0 aliphatic rings. The van der Waals surface area contributed by atoms with E-state index in [2.05, 4.69) is 29.1 Å². The molecule has 2 rings (SSSR count). The maximum atomic E-state index is 11.9. The van der Waals surface area contributed by atoms with E-state index in [4.69, 9.17) is 4.74 Å². The quantitative estimate of drug-likeness (QED) is 0.794. The van der Waals surface area contributed by atoms with E-state index in [-0.39, 0.29) is 5.69 Å². The molecule has 7 heteroatoms. The molecule has 6 nitrogen and oxygen atoms in total. The zero-order valence-electron chi connectivity index (χ0n) is 13.0. The van der Waals surface area contributed by atoms with Crippen LogP contribution >= 0.6 is 11.3 Å². The Morgan fingerprint density at radius 3 is 2.62 bits per heavy atom. The minimum absolute atomic E-state index is 0.257. The molecule has 0 unspecified atom stereocenters. The number of carbonyl (C=O) groups excluding carboxylic acids is 1. The Kier molecular flexibility index (Phi) is 4.72. The maximum Gasteiger partial charge on any atom is 0.360 e. The van der Waals surface area contributed by atoms with Crippen LogP contribution in [0.1, 0.15) is 41.5 Å². The fraction of sp³-hybridized carbons (Fsp3) is 0.571. The maximum absolute atomic E-state index is 11.9. The van der Waals surface area contributed by atoms with E-state index in [9.17, 15) is 4.79 Å². The van der Waals surface area contributed by atoms with Crippen LogP contribution in [0.5, 0.6) is 0 Å². The average Bonchev–Trinajstić information content (AvgIpc) is 2.98. The highest BCUT2D eigenvalue weighted by Gasteiger charge is 2.25. The van der Waals surface area contributed by atoms with E-state index in [0.717, 1.165) is 22.0 Å². The topological polar surface area (TPSA) is 69.9 Å². The summed E-state index contributed by atoms with van der Waals surface area (Å²) < 4.78 is 6.60. The van der Waals surface area contributed by atoms with Gasteiger partial charge in [0.25, 0.3) is 0 Å². The third kappa shape index (κ3) is 3.29. The second-order valence-electron chi connectivity index (χ2n) is 5.33. The highest BCUT2D eigenvalue weighted by atomic mass is 32.1. The lowest BCUT2D eigenvalue weighted by atomic mass is 10.1. The van der Waals surface area contributed by atoms with Gasteiger partial charge >= 0.3 is 5.97 Å². The Balaban J connectivity index is 2.50. The molecule has 0 N–H and O–H groups in total. The zero-order valence-corrected chi connectivity index (χ0v) is 13.8. The van der Waals surface area contributed by atoms with Gasteiger partial charge in [-0.25, -0.2) is 14.5 Å². The summed E-state index contributed by atoms with van der Waals surface area (Å²) in [6, 6.07) is 0. The van der Waals surface area contributed by atoms with Crippen LogP contribution in [-0.2, 0) is 11.3 Å². The molecule has 114 valence electrons. The molecule has 0 saturated carbocycles. The lowest BCUT2D eigenvalue weighted by Crippen LogP contribution is -2.08. The zero-order chi connectivity index (χ0) is 15.6. The molecule has 0 atom stereocenters. The number of esters is 1. The molecule has 0 radical (unpaired) electrons. The van der Waals surface area contributed by atoms with Gasteiger partial charge in [0.05, 0.1) is 22.7 Å². The summed E-state index contributed by atoms with van der Waals surface area (Å²) in [5.74, 6) is 0.0826. The highest BCUT2D eigenvalue weighted by molar-refractivity contribution is 7.15. The van der Waals surface area contributed by atoms with Crippen LogP contribution < -0.4 is 0 Å². The fourth-order valence-electron chi connectivity index (χ4n) is 2.06. The van der Waals surface area contributed by atoms with Crippen molar-refractivity contribution >= 4 is 17.3 Å². The molecule has 0 fully saturated rings. The first kappa shape index (κ1) is 15.6. The molecular formula is C14H20N4O2S. The molecule has 0 spiro atoms. The minimum Gasteiger partial charge on any atom is -0.464 e. The summed E-state index contributed by atoms with van der Waals surface area (Å²) in [6.45, 7) is 8.90. The number of thiazole rings is 1. The van der Waals surface area contributed by atoms with E-state index in [1.807, 2.05) is 13.8 Å². The molecule has 0 aliphatic carbocycles. The molecule has 0 aromatic carbocycles. The summed E-state index contributed by atoms with van der Waals surface area (Å²) in [5.41, 5.74) is 1.86. The number of hydrogen-bond acceptors (Lipinski definition) is 6. The number of carbonyl (C=O) groups is 1. The Labute approximate surface area is 128 Å². The number of ether oxygens (including phenoxy) is 1. The molecule has 2 aromatic heterocycles. The van der Waals surface area contributed by atoms with Gasteiger partial charge in [0.15, 0.2) is 5.69 Å². The molecule has 0 saturated heterocycles. The number of nitrogens with zero attached hydrogens (tertiary/aromatic N) is 4. The molecule has 0 bridgehead atoms. The molecule has 21 heavy (non-hydrogen) atoms. The number of aromatic nitrogens is 4. The van der Waals surface area contributed by atoms with E-state index in [1.54, 1.807) is 16.0 Å². The van der Waals surface area contributed by atoms with Crippen LogP contribution in [0.4, 0.5) is 0 Å². The first-order valence-electron chi connectivity index (χ1n) is 6.90. The van der Waals surface area contributed by atoms with Gasteiger partial charge < -0.3 is 4.74 Å². The van der Waals surface area contributed by atoms with Crippen LogP contribution in [0.15, 0.2) is 0 Å². The second kappa shape index (κ2) is 6.34. The largest absolute Gasteiger partial charge is 0.464 e. The van der Waals surface area contributed by atoms with Gasteiger partial charge in [-0.05, 0) is 26.2 Å².